The van der Waals surface area contributed by atoms with Crippen LogP contribution in [0.4, 0.5) is 30.7 Å². The van der Waals surface area contributed by atoms with Crippen LogP contribution in [0.1, 0.15) is 17.3 Å². The minimum Gasteiger partial charge on any atom is -0.506 e. The zero-order chi connectivity index (χ0) is 49.1. The number of ketones is 1. The zero-order valence-electron chi connectivity index (χ0n) is 36.0. The van der Waals surface area contributed by atoms with Gasteiger partial charge in [0.1, 0.15) is 11.3 Å². The molecule has 0 bridgehead atoms. The fourth-order valence-electron chi connectivity index (χ4n) is 7.46. The van der Waals surface area contributed by atoms with Gasteiger partial charge in [0.05, 0.1) is 11.2 Å². The third kappa shape index (κ3) is 10.1. The maximum Gasteiger partial charge on any atom is 0.460 e. The molecule has 353 valence electrons. The van der Waals surface area contributed by atoms with E-state index in [0.717, 1.165) is 54.2 Å². The number of pyridine rings is 1. The molecule has 6 nitrogen and oxygen atoms in total. The number of para-hydroxylation sites is 2. The van der Waals surface area contributed by atoms with Crippen LogP contribution in [0, 0.1) is 49.4 Å². The van der Waals surface area contributed by atoms with Crippen LogP contribution in [-0.4, -0.2) is 33.5 Å². The fraction of sp³-hybridized carbons (Fsp3) is 0.0769. The van der Waals surface area contributed by atoms with Crippen molar-refractivity contribution in [3.8, 4) is 11.4 Å². The zero-order valence-corrected chi connectivity index (χ0v) is 41.1. The predicted molar refractivity (Wildman–Crippen MR) is 256 cm³/mol. The Morgan fingerprint density at radius 3 is 1.35 bits per heavy atom. The van der Waals surface area contributed by atoms with Gasteiger partial charge in [-0.25, -0.2) is 0 Å². The van der Waals surface area contributed by atoms with Crippen LogP contribution in [-0.2, 0) is 9.13 Å². The summed E-state index contributed by atoms with van der Waals surface area (Å²) < 4.78 is 120. The van der Waals surface area contributed by atoms with Crippen molar-refractivity contribution < 1.29 is 99.1 Å². The third-order valence-corrected chi connectivity index (χ3v) is 18.2. The number of hydrogen-bond donors (Lipinski definition) is 1. The number of fused-ring (bicyclic) bond motifs is 2. The standard InChI is InChI=1S/C19H8F7NO3S.C18H15OP.C15H15OP.Eu/c20-17(21,18(22,23)19(24,25)26)15(29)12-14(28)8-4-3-7-11-13(8)27(16(12)30)9-5-1-2-6-10(9)31-11;19-20(16-10-4-1-5-11-16,17-12-6-2-7-13-17)18-14-8-3-9-15-18;1-13(2)17(16,14-9-5-3-6-10-14)15-11-7-4-8-12-15;/h1-7,28H;1-15H;3-12H,1H2,2H3;. The van der Waals surface area contributed by atoms with Crippen molar-refractivity contribution in [1.82, 2.24) is 4.57 Å². The molecule has 1 N–H and O–H groups in total. The van der Waals surface area contributed by atoms with Gasteiger partial charge in [0, 0.05) is 91.1 Å². The normalized spacial score (nSPS) is 12.2. The molecular weight excluding hydrogens is 1100 g/mol. The number of hydrogen-bond acceptors (Lipinski definition) is 6. The van der Waals surface area contributed by atoms with E-state index in [1.54, 1.807) is 12.1 Å². The molecule has 7 aromatic carbocycles. The van der Waals surface area contributed by atoms with Crippen molar-refractivity contribution in [2.24, 2.45) is 0 Å². The van der Waals surface area contributed by atoms with E-state index in [-0.39, 0.29) is 66.0 Å². The number of carbonyl (C=O) groups is 1. The summed E-state index contributed by atoms with van der Waals surface area (Å²) in [6.07, 6.45) is -6.78. The van der Waals surface area contributed by atoms with Gasteiger partial charge in [0.2, 0.25) is 5.78 Å². The van der Waals surface area contributed by atoms with E-state index in [1.165, 1.54) is 24.3 Å². The minimum atomic E-state index is -6.78. The summed E-state index contributed by atoms with van der Waals surface area (Å²) >= 11 is 1.15. The van der Waals surface area contributed by atoms with Gasteiger partial charge >= 0.3 is 18.0 Å². The van der Waals surface area contributed by atoms with E-state index in [4.69, 9.17) is 0 Å². The molecule has 0 atom stereocenters. The molecule has 69 heavy (non-hydrogen) atoms. The van der Waals surface area contributed by atoms with Gasteiger partial charge in [0.25, 0.3) is 5.56 Å². The Balaban J connectivity index is 0.000000179. The Morgan fingerprint density at radius 1 is 0.565 bits per heavy atom. The number of alkyl halides is 7. The van der Waals surface area contributed by atoms with E-state index in [0.29, 0.717) is 9.79 Å². The number of aromatic nitrogens is 1. The molecule has 0 spiro atoms. The molecule has 0 amide bonds. The number of carbonyl (C=O) groups excluding carboxylic acids is 1. The van der Waals surface area contributed by atoms with Crippen LogP contribution in [0.3, 0.4) is 0 Å². The van der Waals surface area contributed by atoms with Crippen LogP contribution >= 0.6 is 26.0 Å². The second-order valence-corrected chi connectivity index (χ2v) is 22.1. The van der Waals surface area contributed by atoms with Crippen molar-refractivity contribution in [2.45, 2.75) is 34.7 Å². The average Bonchev–Trinajstić information content (AvgIpc) is 3.35. The van der Waals surface area contributed by atoms with E-state index in [9.17, 15) is 54.6 Å². The molecule has 1 aliphatic heterocycles. The topological polar surface area (TPSA) is 93.4 Å². The predicted octanol–water partition coefficient (Wildman–Crippen LogP) is 12.0. The first-order chi connectivity index (χ1) is 32.3. The van der Waals surface area contributed by atoms with E-state index in [1.807, 2.05) is 159 Å². The summed E-state index contributed by atoms with van der Waals surface area (Å²) in [5, 5.41) is 15.0. The van der Waals surface area contributed by atoms with Crippen LogP contribution < -0.4 is 32.1 Å². The van der Waals surface area contributed by atoms with Gasteiger partial charge in [0.15, 0.2) is 14.3 Å². The van der Waals surface area contributed by atoms with Crippen LogP contribution in [0.15, 0.2) is 221 Å². The Labute approximate surface area is 437 Å². The molecule has 1 aromatic heterocycles. The maximum atomic E-state index is 14.1. The second-order valence-electron chi connectivity index (χ2n) is 15.2. The Kier molecular flexibility index (Phi) is 16.6. The Morgan fingerprint density at radius 2 is 0.942 bits per heavy atom. The summed E-state index contributed by atoms with van der Waals surface area (Å²) in [6, 6.07) is 58.2. The molecule has 8 aromatic rings. The molecule has 1 aliphatic rings. The monoisotopic (exact) mass is 1140 g/mol. The summed E-state index contributed by atoms with van der Waals surface area (Å²) in [6.45, 7) is 5.75. The van der Waals surface area contributed by atoms with Crippen molar-refractivity contribution >= 4 is 69.3 Å². The number of halogens is 7. The van der Waals surface area contributed by atoms with Gasteiger partial charge in [-0.1, -0.05) is 188 Å². The molecule has 0 fully saturated rings. The third-order valence-electron chi connectivity index (χ3n) is 10.9. The van der Waals surface area contributed by atoms with Crippen molar-refractivity contribution in [3.63, 3.8) is 0 Å². The molecule has 2 heterocycles. The first kappa shape index (κ1) is 53.2. The van der Waals surface area contributed by atoms with Gasteiger partial charge < -0.3 is 14.2 Å². The molecule has 0 aliphatic carbocycles. The number of rotatable bonds is 9. The van der Waals surface area contributed by atoms with E-state index in [2.05, 4.69) is 6.58 Å². The molecule has 1 radical (unpaired) electrons. The molecule has 9 rings (SSSR count). The van der Waals surface area contributed by atoms with E-state index < -0.39 is 55.0 Å². The second kappa shape index (κ2) is 21.5. The maximum absolute atomic E-state index is 14.1. The summed E-state index contributed by atoms with van der Waals surface area (Å²) in [4.78, 5) is 26.0. The van der Waals surface area contributed by atoms with Gasteiger partial charge in [-0.3, -0.25) is 14.2 Å². The van der Waals surface area contributed by atoms with E-state index >= 15 is 0 Å². The number of allylic oxidation sites excluding steroid dienone is 1. The summed E-state index contributed by atoms with van der Waals surface area (Å²) in [5.74, 6) is -17.7. The smallest absolute Gasteiger partial charge is 0.460 e. The number of Topliss-reactive ketones (excluding diaryl/α,β-unsaturated/α-hetero) is 1. The Bertz CT molecular complexity index is 3150. The van der Waals surface area contributed by atoms with Gasteiger partial charge in [-0.05, 0) is 36.5 Å². The van der Waals surface area contributed by atoms with Gasteiger partial charge in [-0.2, -0.15) is 30.7 Å². The quantitative estimate of drug-likeness (QED) is 0.0879. The Hall–Kier alpha value is -5.14. The largest absolute Gasteiger partial charge is 0.506 e. The number of aromatic hydroxyl groups is 1. The molecular formula is C52H38EuF7NO5P2S. The van der Waals surface area contributed by atoms with Gasteiger partial charge in [-0.15, -0.1) is 0 Å². The first-order valence-corrected chi connectivity index (χ1v) is 24.7. The van der Waals surface area contributed by atoms with Crippen molar-refractivity contribution in [3.05, 3.63) is 222 Å². The SMILES string of the molecule is C=C(C)P(=O)(c1ccccc1)c1ccccc1.O=C(c1c(O)c2cccc3c2n(c1=O)-c1ccccc1S3)C(F)(F)C(F)(F)C(F)(F)F.O=P(c1ccccc1)(c1ccccc1)c1ccccc1.[Eu]. The summed E-state index contributed by atoms with van der Waals surface area (Å²) in [7, 11) is -5.47. The summed E-state index contributed by atoms with van der Waals surface area (Å²) in [5.41, 5.74) is -3.43. The average molecular weight is 1140 g/mol. The van der Waals surface area contributed by atoms with Crippen molar-refractivity contribution in [2.75, 3.05) is 0 Å². The van der Waals surface area contributed by atoms with Crippen LogP contribution in [0.2, 0.25) is 0 Å². The van der Waals surface area contributed by atoms with Crippen LogP contribution in [0.5, 0.6) is 5.75 Å². The fourth-order valence-corrected chi connectivity index (χ4v) is 13.6. The number of benzene rings is 7. The molecule has 0 unspecified atom stereocenters. The minimum absolute atomic E-state index is 0. The van der Waals surface area contributed by atoms with Crippen LogP contribution in [0.25, 0.3) is 16.6 Å². The first-order valence-electron chi connectivity index (χ1n) is 20.5. The molecule has 0 saturated carbocycles. The molecule has 0 saturated heterocycles. The van der Waals surface area contributed by atoms with Crippen molar-refractivity contribution in [1.29, 1.82) is 0 Å². The number of nitrogens with zero attached hydrogens (tertiary/aromatic N) is 1. The molecule has 17 heteroatoms.